The molecule has 1 fully saturated rings. The molecule has 0 saturated carbocycles. The molecule has 0 aromatic carbocycles. The average molecular weight is 358 g/mol. The highest BCUT2D eigenvalue weighted by Crippen LogP contribution is 2.25. The van der Waals surface area contributed by atoms with Crippen molar-refractivity contribution in [3.63, 3.8) is 0 Å². The first-order valence-electron chi connectivity index (χ1n) is 8.86. The van der Waals surface area contributed by atoms with Crippen molar-refractivity contribution in [2.24, 2.45) is 5.73 Å². The summed E-state index contributed by atoms with van der Waals surface area (Å²) in [4.78, 5) is 26.5. The van der Waals surface area contributed by atoms with E-state index in [-0.39, 0.29) is 6.04 Å². The Hall–Kier alpha value is -1.34. The Labute approximate surface area is 151 Å². The fourth-order valence-electron chi connectivity index (χ4n) is 2.89. The molecule has 1 heterocycles. The van der Waals surface area contributed by atoms with Crippen LogP contribution in [-0.4, -0.2) is 60.0 Å². The Kier molecular flexibility index (Phi) is 7.26. The Balaban J connectivity index is 2.93. The van der Waals surface area contributed by atoms with Crippen LogP contribution in [0.3, 0.4) is 0 Å². The van der Waals surface area contributed by atoms with Crippen LogP contribution in [0.15, 0.2) is 0 Å². The van der Waals surface area contributed by atoms with Crippen molar-refractivity contribution in [1.29, 1.82) is 0 Å². The zero-order chi connectivity index (χ0) is 19.4. The third-order valence-corrected chi connectivity index (χ3v) is 3.86. The lowest BCUT2D eigenvalue weighted by Crippen LogP contribution is -2.59. The van der Waals surface area contributed by atoms with Gasteiger partial charge < -0.3 is 24.8 Å². The number of esters is 1. The first-order chi connectivity index (χ1) is 11.4. The normalized spacial score (nSPS) is 21.4. The SMILES string of the molecule is COC(C(N)C(=O)OC(C)(C)C)C1CCCCN1C(=O)OC(C)(C)C. The standard InChI is InChI=1S/C18H34N2O5/c1-17(2,3)24-15(21)13(19)14(23-7)12-10-8-9-11-20(12)16(22)25-18(4,5)6/h12-14H,8-11,19H2,1-7H3. The molecule has 7 nitrogen and oxygen atoms in total. The minimum absolute atomic E-state index is 0.323. The monoisotopic (exact) mass is 358 g/mol. The Morgan fingerprint density at radius 2 is 1.60 bits per heavy atom. The Morgan fingerprint density at radius 3 is 2.08 bits per heavy atom. The van der Waals surface area contributed by atoms with E-state index >= 15 is 0 Å². The van der Waals surface area contributed by atoms with Gasteiger partial charge in [0.15, 0.2) is 0 Å². The highest BCUT2D eigenvalue weighted by atomic mass is 16.6. The van der Waals surface area contributed by atoms with Crippen molar-refractivity contribution in [2.75, 3.05) is 13.7 Å². The Bertz CT molecular complexity index is 467. The number of nitrogens with two attached hydrogens (primary N) is 1. The summed E-state index contributed by atoms with van der Waals surface area (Å²) in [6.45, 7) is 11.4. The van der Waals surface area contributed by atoms with Crippen LogP contribution in [0.25, 0.3) is 0 Å². The molecular formula is C18H34N2O5. The summed E-state index contributed by atoms with van der Waals surface area (Å²) in [6.07, 6.45) is 1.46. The van der Waals surface area contributed by atoms with Crippen LogP contribution in [0.5, 0.6) is 0 Å². The number of nitrogens with zero attached hydrogens (tertiary/aromatic N) is 1. The van der Waals surface area contributed by atoms with Crippen molar-refractivity contribution >= 4 is 12.1 Å². The van der Waals surface area contributed by atoms with E-state index in [4.69, 9.17) is 19.9 Å². The van der Waals surface area contributed by atoms with Crippen LogP contribution in [0, 0.1) is 0 Å². The number of hydrogen-bond acceptors (Lipinski definition) is 6. The lowest BCUT2D eigenvalue weighted by molar-refractivity contribution is -0.161. The maximum atomic E-state index is 12.6. The number of likely N-dealkylation sites (tertiary alicyclic amines) is 1. The summed E-state index contributed by atoms with van der Waals surface area (Å²) >= 11 is 0. The van der Waals surface area contributed by atoms with Gasteiger partial charge in [0, 0.05) is 13.7 Å². The van der Waals surface area contributed by atoms with Crippen molar-refractivity contribution in [1.82, 2.24) is 4.90 Å². The van der Waals surface area contributed by atoms with E-state index in [0.29, 0.717) is 13.0 Å². The maximum absolute atomic E-state index is 12.6. The van der Waals surface area contributed by atoms with Gasteiger partial charge in [-0.2, -0.15) is 0 Å². The van der Waals surface area contributed by atoms with Gasteiger partial charge in [0.1, 0.15) is 23.3 Å². The van der Waals surface area contributed by atoms with Crippen LogP contribution >= 0.6 is 0 Å². The zero-order valence-electron chi connectivity index (χ0n) is 16.6. The van der Waals surface area contributed by atoms with Gasteiger partial charge in [0.2, 0.25) is 0 Å². The minimum Gasteiger partial charge on any atom is -0.459 e. The van der Waals surface area contributed by atoms with E-state index in [9.17, 15) is 9.59 Å². The molecule has 1 saturated heterocycles. The lowest BCUT2D eigenvalue weighted by Gasteiger charge is -2.41. The van der Waals surface area contributed by atoms with Gasteiger partial charge in [0.05, 0.1) is 6.04 Å². The highest BCUT2D eigenvalue weighted by molar-refractivity contribution is 5.77. The van der Waals surface area contributed by atoms with E-state index in [0.717, 1.165) is 12.8 Å². The molecule has 3 atom stereocenters. The van der Waals surface area contributed by atoms with Crippen molar-refractivity contribution in [3.05, 3.63) is 0 Å². The molecule has 0 aromatic rings. The first-order valence-corrected chi connectivity index (χ1v) is 8.86. The van der Waals surface area contributed by atoms with Gasteiger partial charge in [-0.15, -0.1) is 0 Å². The van der Waals surface area contributed by atoms with E-state index in [1.807, 2.05) is 20.8 Å². The molecule has 1 aliphatic heterocycles. The van der Waals surface area contributed by atoms with E-state index < -0.39 is 35.4 Å². The molecule has 1 amide bonds. The third kappa shape index (κ3) is 6.82. The van der Waals surface area contributed by atoms with Gasteiger partial charge >= 0.3 is 12.1 Å². The summed E-state index contributed by atoms with van der Waals surface area (Å²) in [5.74, 6) is -0.533. The number of rotatable bonds is 4. The number of carbonyl (C=O) groups is 2. The van der Waals surface area contributed by atoms with Crippen LogP contribution in [-0.2, 0) is 19.0 Å². The molecule has 1 aliphatic rings. The molecule has 0 bridgehead atoms. The second-order valence-electron chi connectivity index (χ2n) is 8.50. The van der Waals surface area contributed by atoms with Gasteiger partial charge in [-0.05, 0) is 60.8 Å². The lowest BCUT2D eigenvalue weighted by atomic mass is 9.93. The molecular weight excluding hydrogens is 324 g/mol. The van der Waals surface area contributed by atoms with Gasteiger partial charge in [-0.3, -0.25) is 4.79 Å². The number of piperidine rings is 1. The molecule has 0 aromatic heterocycles. The molecule has 3 unspecified atom stereocenters. The summed E-state index contributed by atoms with van der Waals surface area (Å²) in [5, 5.41) is 0. The second-order valence-corrected chi connectivity index (χ2v) is 8.50. The minimum atomic E-state index is -0.975. The number of amides is 1. The molecule has 2 N–H and O–H groups in total. The van der Waals surface area contributed by atoms with E-state index in [1.54, 1.807) is 25.7 Å². The first kappa shape index (κ1) is 21.7. The number of ether oxygens (including phenoxy) is 3. The van der Waals surface area contributed by atoms with E-state index in [2.05, 4.69) is 0 Å². The van der Waals surface area contributed by atoms with Gasteiger partial charge in [-0.25, -0.2) is 4.79 Å². The summed E-state index contributed by atoms with van der Waals surface area (Å²) in [5.41, 5.74) is 4.90. The zero-order valence-corrected chi connectivity index (χ0v) is 16.6. The predicted octanol–water partition coefficient (Wildman–Crippen LogP) is 2.46. The van der Waals surface area contributed by atoms with Gasteiger partial charge in [0.25, 0.3) is 0 Å². The molecule has 7 heteroatoms. The van der Waals surface area contributed by atoms with Crippen LogP contribution in [0.4, 0.5) is 4.79 Å². The molecule has 25 heavy (non-hydrogen) atoms. The third-order valence-electron chi connectivity index (χ3n) is 3.86. The predicted molar refractivity (Wildman–Crippen MR) is 95.2 cm³/mol. The summed E-state index contributed by atoms with van der Waals surface area (Å²) in [6, 6.07) is -1.30. The smallest absolute Gasteiger partial charge is 0.410 e. The quantitative estimate of drug-likeness (QED) is 0.776. The number of hydrogen-bond donors (Lipinski definition) is 1. The largest absolute Gasteiger partial charge is 0.459 e. The molecule has 0 spiro atoms. The fourth-order valence-corrected chi connectivity index (χ4v) is 2.89. The summed E-state index contributed by atoms with van der Waals surface area (Å²) in [7, 11) is 1.50. The molecule has 0 radical (unpaired) electrons. The summed E-state index contributed by atoms with van der Waals surface area (Å²) < 4.78 is 16.4. The van der Waals surface area contributed by atoms with Crippen molar-refractivity contribution < 1.29 is 23.8 Å². The topological polar surface area (TPSA) is 91.1 Å². The highest BCUT2D eigenvalue weighted by Gasteiger charge is 2.41. The van der Waals surface area contributed by atoms with Gasteiger partial charge in [-0.1, -0.05) is 0 Å². The molecule has 146 valence electrons. The van der Waals surface area contributed by atoms with Crippen LogP contribution < -0.4 is 5.73 Å². The van der Waals surface area contributed by atoms with Crippen molar-refractivity contribution in [2.45, 2.75) is 90.2 Å². The number of carbonyl (C=O) groups excluding carboxylic acids is 2. The maximum Gasteiger partial charge on any atom is 0.410 e. The van der Waals surface area contributed by atoms with Crippen LogP contribution in [0.2, 0.25) is 0 Å². The Morgan fingerprint density at radius 1 is 1.04 bits per heavy atom. The average Bonchev–Trinajstić information content (AvgIpc) is 2.44. The second kappa shape index (κ2) is 8.36. The van der Waals surface area contributed by atoms with Crippen LogP contribution in [0.1, 0.15) is 60.8 Å². The molecule has 1 rings (SSSR count). The fraction of sp³-hybridized carbons (Fsp3) is 0.889. The molecule has 0 aliphatic carbocycles. The van der Waals surface area contributed by atoms with Crippen molar-refractivity contribution in [3.8, 4) is 0 Å². The number of methoxy groups -OCH3 is 1. The van der Waals surface area contributed by atoms with E-state index in [1.165, 1.54) is 7.11 Å².